The Balaban J connectivity index is 1.63. The molecule has 0 amide bonds. The fourth-order valence-corrected chi connectivity index (χ4v) is 2.70. The molecule has 1 aromatic heterocycles. The van der Waals surface area contributed by atoms with Gasteiger partial charge in [-0.1, -0.05) is 0 Å². The molecule has 4 heteroatoms. The molecule has 21 heavy (non-hydrogen) atoms. The zero-order chi connectivity index (χ0) is 15.3. The van der Waals surface area contributed by atoms with Crippen LogP contribution < -0.4 is 5.32 Å². The number of likely N-dealkylation sites (tertiary alicyclic amines) is 1. The third-order valence-corrected chi connectivity index (χ3v) is 4.04. The zero-order valence-corrected chi connectivity index (χ0v) is 13.9. The second kappa shape index (κ2) is 7.43. The van der Waals surface area contributed by atoms with Crippen molar-refractivity contribution in [3.05, 3.63) is 23.7 Å². The largest absolute Gasteiger partial charge is 0.467 e. The third kappa shape index (κ3) is 5.81. The number of nitrogens with zero attached hydrogens (tertiary/aromatic N) is 1. The molecule has 0 radical (unpaired) electrons. The van der Waals surface area contributed by atoms with E-state index in [0.29, 0.717) is 12.6 Å². The van der Waals surface area contributed by atoms with E-state index in [1.807, 2.05) is 6.26 Å². The quantitative estimate of drug-likeness (QED) is 0.784. The van der Waals surface area contributed by atoms with E-state index in [0.717, 1.165) is 25.3 Å². The second-order valence-electron chi connectivity index (χ2n) is 7.14. The summed E-state index contributed by atoms with van der Waals surface area (Å²) in [7, 11) is 2.21. The maximum absolute atomic E-state index is 5.75. The van der Waals surface area contributed by atoms with Crippen LogP contribution in [0.15, 0.2) is 16.7 Å². The summed E-state index contributed by atoms with van der Waals surface area (Å²) in [6.07, 6.45) is 5.57. The molecular weight excluding hydrogens is 264 g/mol. The van der Waals surface area contributed by atoms with Crippen LogP contribution in [0, 0.1) is 0 Å². The number of furan rings is 1. The first-order valence-electron chi connectivity index (χ1n) is 8.03. The van der Waals surface area contributed by atoms with E-state index in [1.54, 1.807) is 0 Å². The van der Waals surface area contributed by atoms with Crippen molar-refractivity contribution in [2.75, 3.05) is 20.2 Å². The van der Waals surface area contributed by atoms with Gasteiger partial charge in [-0.2, -0.15) is 0 Å². The van der Waals surface area contributed by atoms with Crippen LogP contribution in [0.2, 0.25) is 0 Å². The van der Waals surface area contributed by atoms with E-state index in [1.165, 1.54) is 24.9 Å². The molecular formula is C17H30N2O2. The number of nitrogens with one attached hydrogen (secondary N) is 1. The van der Waals surface area contributed by atoms with E-state index >= 15 is 0 Å². The van der Waals surface area contributed by atoms with E-state index in [-0.39, 0.29) is 5.54 Å². The Morgan fingerprint density at radius 2 is 2.24 bits per heavy atom. The van der Waals surface area contributed by atoms with Gasteiger partial charge in [0.15, 0.2) is 0 Å². The minimum atomic E-state index is 0.126. The Hall–Kier alpha value is -0.840. The van der Waals surface area contributed by atoms with Crippen molar-refractivity contribution < 1.29 is 9.15 Å². The van der Waals surface area contributed by atoms with Gasteiger partial charge in [0, 0.05) is 30.3 Å². The number of hydrogen-bond donors (Lipinski definition) is 1. The fraction of sp³-hybridized carbons (Fsp3) is 0.765. The van der Waals surface area contributed by atoms with Crippen molar-refractivity contribution in [1.82, 2.24) is 10.2 Å². The van der Waals surface area contributed by atoms with Crippen molar-refractivity contribution in [3.63, 3.8) is 0 Å². The summed E-state index contributed by atoms with van der Waals surface area (Å²) >= 11 is 0. The minimum absolute atomic E-state index is 0.126. The van der Waals surface area contributed by atoms with Crippen molar-refractivity contribution in [1.29, 1.82) is 0 Å². The van der Waals surface area contributed by atoms with Gasteiger partial charge in [-0.15, -0.1) is 0 Å². The molecule has 0 saturated carbocycles. The van der Waals surface area contributed by atoms with Gasteiger partial charge in [-0.05, 0) is 59.7 Å². The van der Waals surface area contributed by atoms with Crippen LogP contribution in [0.4, 0.5) is 0 Å². The standard InChI is InChI=1S/C17H30N2O2/c1-17(2,3)18-11-14-10-16(21-12-14)13-20-9-7-15-6-5-8-19(15)4/h10,12,15,18H,5-9,11,13H2,1-4H3. The molecule has 120 valence electrons. The molecule has 0 spiro atoms. The van der Waals surface area contributed by atoms with E-state index < -0.39 is 0 Å². The lowest BCUT2D eigenvalue weighted by atomic mass is 10.1. The van der Waals surface area contributed by atoms with Gasteiger partial charge in [-0.25, -0.2) is 0 Å². The fourth-order valence-electron chi connectivity index (χ4n) is 2.70. The lowest BCUT2D eigenvalue weighted by molar-refractivity contribution is 0.0894. The topological polar surface area (TPSA) is 37.6 Å². The number of ether oxygens (including phenoxy) is 1. The van der Waals surface area contributed by atoms with Gasteiger partial charge >= 0.3 is 0 Å². The third-order valence-electron chi connectivity index (χ3n) is 4.04. The Morgan fingerprint density at radius 3 is 2.90 bits per heavy atom. The molecule has 1 aromatic rings. The Morgan fingerprint density at radius 1 is 1.43 bits per heavy atom. The highest BCUT2D eigenvalue weighted by molar-refractivity contribution is 5.12. The van der Waals surface area contributed by atoms with Crippen molar-refractivity contribution >= 4 is 0 Å². The summed E-state index contributed by atoms with van der Waals surface area (Å²) in [6.45, 7) is 9.94. The number of rotatable bonds is 7. The molecule has 2 heterocycles. The van der Waals surface area contributed by atoms with Crippen LogP contribution in [0.5, 0.6) is 0 Å². The van der Waals surface area contributed by atoms with Crippen molar-refractivity contribution in [2.45, 2.75) is 64.8 Å². The first-order valence-corrected chi connectivity index (χ1v) is 8.03. The first-order chi connectivity index (χ1) is 9.94. The molecule has 1 saturated heterocycles. The predicted molar refractivity (Wildman–Crippen MR) is 85.2 cm³/mol. The van der Waals surface area contributed by atoms with Crippen LogP contribution in [-0.2, 0) is 17.9 Å². The molecule has 2 rings (SSSR count). The molecule has 1 N–H and O–H groups in total. The highest BCUT2D eigenvalue weighted by Crippen LogP contribution is 2.18. The molecule has 0 bridgehead atoms. The molecule has 1 fully saturated rings. The van der Waals surface area contributed by atoms with Crippen LogP contribution in [-0.4, -0.2) is 36.7 Å². The van der Waals surface area contributed by atoms with Crippen LogP contribution in [0.25, 0.3) is 0 Å². The summed E-state index contributed by atoms with van der Waals surface area (Å²) in [6, 6.07) is 2.79. The maximum Gasteiger partial charge on any atom is 0.129 e. The summed E-state index contributed by atoms with van der Waals surface area (Å²) < 4.78 is 11.3. The highest BCUT2D eigenvalue weighted by Gasteiger charge is 2.20. The zero-order valence-electron chi connectivity index (χ0n) is 13.9. The van der Waals surface area contributed by atoms with E-state index in [2.05, 4.69) is 44.1 Å². The minimum Gasteiger partial charge on any atom is -0.467 e. The lowest BCUT2D eigenvalue weighted by Crippen LogP contribution is -2.34. The van der Waals surface area contributed by atoms with E-state index in [9.17, 15) is 0 Å². The van der Waals surface area contributed by atoms with Crippen LogP contribution >= 0.6 is 0 Å². The average Bonchev–Trinajstić information content (AvgIpc) is 3.01. The molecule has 4 nitrogen and oxygen atoms in total. The van der Waals surface area contributed by atoms with Gasteiger partial charge < -0.3 is 19.4 Å². The molecule has 1 aliphatic heterocycles. The Kier molecular flexibility index (Phi) is 5.85. The van der Waals surface area contributed by atoms with Crippen molar-refractivity contribution in [3.8, 4) is 0 Å². The predicted octanol–water partition coefficient (Wildman–Crippen LogP) is 3.17. The normalized spacial score (nSPS) is 20.3. The second-order valence-corrected chi connectivity index (χ2v) is 7.14. The average molecular weight is 294 g/mol. The summed E-state index contributed by atoms with van der Waals surface area (Å²) in [4.78, 5) is 2.44. The number of hydrogen-bond acceptors (Lipinski definition) is 4. The highest BCUT2D eigenvalue weighted by atomic mass is 16.5. The van der Waals surface area contributed by atoms with Gasteiger partial charge in [0.1, 0.15) is 12.4 Å². The van der Waals surface area contributed by atoms with E-state index in [4.69, 9.17) is 9.15 Å². The molecule has 1 aliphatic rings. The smallest absolute Gasteiger partial charge is 0.129 e. The van der Waals surface area contributed by atoms with Gasteiger partial charge in [0.2, 0.25) is 0 Å². The lowest BCUT2D eigenvalue weighted by Gasteiger charge is -2.19. The van der Waals surface area contributed by atoms with Crippen LogP contribution in [0.1, 0.15) is 51.4 Å². The summed E-state index contributed by atoms with van der Waals surface area (Å²) in [5.74, 6) is 0.917. The molecule has 0 aliphatic carbocycles. The van der Waals surface area contributed by atoms with Crippen LogP contribution in [0.3, 0.4) is 0 Å². The molecule has 0 aromatic carbocycles. The first kappa shape index (κ1) is 16.5. The van der Waals surface area contributed by atoms with Gasteiger partial charge in [0.25, 0.3) is 0 Å². The van der Waals surface area contributed by atoms with Gasteiger partial charge in [0.05, 0.1) is 6.26 Å². The molecule has 1 unspecified atom stereocenters. The SMILES string of the molecule is CN1CCCC1CCOCc1cc(CNC(C)(C)C)co1. The monoisotopic (exact) mass is 294 g/mol. The molecule has 1 atom stereocenters. The summed E-state index contributed by atoms with van der Waals surface area (Å²) in [5.41, 5.74) is 1.31. The Labute approximate surface area is 128 Å². The van der Waals surface area contributed by atoms with Crippen molar-refractivity contribution in [2.24, 2.45) is 0 Å². The maximum atomic E-state index is 5.75. The van der Waals surface area contributed by atoms with Gasteiger partial charge in [-0.3, -0.25) is 0 Å². The Bertz CT molecular complexity index is 423. The summed E-state index contributed by atoms with van der Waals surface area (Å²) in [5, 5.41) is 3.45.